The molecule has 0 radical (unpaired) electrons. The average Bonchev–Trinajstić information content (AvgIpc) is 3.99. The summed E-state index contributed by atoms with van der Waals surface area (Å²) in [5.41, 5.74) is 10.7. The zero-order chi connectivity index (χ0) is 37.2. The lowest BCUT2D eigenvalue weighted by Gasteiger charge is -2.32. The molecule has 9 aromatic rings. The smallest absolute Gasteiger partial charge is 0.164 e. The molecule has 3 aliphatic rings. The number of para-hydroxylation sites is 2. The molecule has 0 aliphatic heterocycles. The number of furan rings is 2. The van der Waals surface area contributed by atoms with Gasteiger partial charge in [-0.2, -0.15) is 5.26 Å². The molecule has 2 unspecified atom stereocenters. The Labute approximate surface area is 323 Å². The highest BCUT2D eigenvalue weighted by Gasteiger charge is 2.65. The molecule has 2 bridgehead atoms. The third-order valence-electron chi connectivity index (χ3n) is 13.8. The fourth-order valence-corrected chi connectivity index (χ4v) is 11.2. The van der Waals surface area contributed by atoms with Crippen molar-refractivity contribution in [1.29, 1.82) is 5.26 Å². The number of nitriles is 1. The van der Waals surface area contributed by atoms with E-state index in [-0.39, 0.29) is 5.41 Å². The Kier molecular flexibility index (Phi) is 6.50. The summed E-state index contributed by atoms with van der Waals surface area (Å²) in [6.45, 7) is 2.56. The maximum atomic E-state index is 9.45. The van der Waals surface area contributed by atoms with Gasteiger partial charge < -0.3 is 8.83 Å². The standard InChI is InChI=1S/C50H36N4O2/c1-49-28-50(25-33(49)19-20-34(49)26-50)41-11-6-10-39-38-22-18-32(24-44(38)56-45(39)41)47-52-46(31-17-21-37-36-8-4-5-12-42(36)55-43(37)23-31)53-48(54-47)40-9-3-2-7-35(40)30-15-13-29(27-51)14-16-30/h2-18,21-24,33-34H,19-20,25-26,28H2,1H3/t33-,34+,49?,50?. The van der Waals surface area contributed by atoms with Crippen LogP contribution in [0.4, 0.5) is 0 Å². The van der Waals surface area contributed by atoms with Gasteiger partial charge in [0.2, 0.25) is 0 Å². The maximum absolute atomic E-state index is 9.45. The Morgan fingerprint density at radius 3 is 1.88 bits per heavy atom. The molecule has 0 saturated heterocycles. The minimum Gasteiger partial charge on any atom is -0.456 e. The zero-order valence-corrected chi connectivity index (χ0v) is 30.9. The molecule has 4 atom stereocenters. The molecule has 0 spiro atoms. The zero-order valence-electron chi connectivity index (χ0n) is 30.9. The molecule has 268 valence electrons. The largest absolute Gasteiger partial charge is 0.456 e. The number of benzene rings is 6. The predicted octanol–water partition coefficient (Wildman–Crippen LogP) is 12.7. The summed E-state index contributed by atoms with van der Waals surface area (Å²) >= 11 is 0. The van der Waals surface area contributed by atoms with Crippen LogP contribution in [0.3, 0.4) is 0 Å². The molecule has 12 rings (SSSR count). The number of nitrogens with zero attached hydrogens (tertiary/aromatic N) is 4. The topological polar surface area (TPSA) is 88.7 Å². The molecule has 3 saturated carbocycles. The van der Waals surface area contributed by atoms with Crippen molar-refractivity contribution in [3.63, 3.8) is 0 Å². The minimum absolute atomic E-state index is 0.206. The van der Waals surface area contributed by atoms with Crippen LogP contribution in [0, 0.1) is 28.6 Å². The van der Waals surface area contributed by atoms with Crippen molar-refractivity contribution in [3.05, 3.63) is 139 Å². The molecule has 56 heavy (non-hydrogen) atoms. The first-order valence-electron chi connectivity index (χ1n) is 19.7. The van der Waals surface area contributed by atoms with Gasteiger partial charge in [0.15, 0.2) is 17.5 Å². The fraction of sp³-hybridized carbons (Fsp3) is 0.200. The fourth-order valence-electron chi connectivity index (χ4n) is 11.2. The van der Waals surface area contributed by atoms with Crippen molar-refractivity contribution in [2.75, 3.05) is 0 Å². The number of hydrogen-bond acceptors (Lipinski definition) is 6. The SMILES string of the molecule is CC12CC3(c4cccc5c4oc4cc(-c6nc(-c7ccc8c(c7)oc7ccccc78)nc(-c7ccccc7-c7ccc(C#N)cc7)n6)ccc45)C[C@H]1CC[C@H]2C3. The van der Waals surface area contributed by atoms with E-state index >= 15 is 0 Å². The van der Waals surface area contributed by atoms with E-state index in [0.717, 1.165) is 78.1 Å². The number of hydrogen-bond donors (Lipinski definition) is 0. The maximum Gasteiger partial charge on any atom is 0.164 e. The molecular formula is C50H36N4O2. The van der Waals surface area contributed by atoms with E-state index in [4.69, 9.17) is 23.8 Å². The van der Waals surface area contributed by atoms with E-state index < -0.39 is 0 Å². The Bertz CT molecular complexity index is 3110. The highest BCUT2D eigenvalue weighted by Crippen LogP contribution is 2.73. The van der Waals surface area contributed by atoms with Crippen LogP contribution < -0.4 is 0 Å². The Morgan fingerprint density at radius 1 is 0.571 bits per heavy atom. The number of fused-ring (bicyclic) bond motifs is 7. The van der Waals surface area contributed by atoms with Crippen LogP contribution in [0.15, 0.2) is 136 Å². The monoisotopic (exact) mass is 724 g/mol. The summed E-state index contributed by atoms with van der Waals surface area (Å²) in [5, 5.41) is 13.9. The third-order valence-corrected chi connectivity index (χ3v) is 13.8. The van der Waals surface area contributed by atoms with Crippen molar-refractivity contribution in [1.82, 2.24) is 15.0 Å². The summed E-state index contributed by atoms with van der Waals surface area (Å²) in [7, 11) is 0. The van der Waals surface area contributed by atoms with Crippen LogP contribution in [-0.2, 0) is 5.41 Å². The summed E-state index contributed by atoms with van der Waals surface area (Å²) < 4.78 is 13.2. The second-order valence-corrected chi connectivity index (χ2v) is 16.7. The predicted molar refractivity (Wildman–Crippen MR) is 221 cm³/mol. The van der Waals surface area contributed by atoms with Gasteiger partial charge in [0.1, 0.15) is 22.3 Å². The van der Waals surface area contributed by atoms with E-state index in [1.54, 1.807) is 0 Å². The lowest BCUT2D eigenvalue weighted by atomic mass is 9.72. The highest BCUT2D eigenvalue weighted by atomic mass is 16.3. The van der Waals surface area contributed by atoms with E-state index in [1.807, 2.05) is 66.7 Å². The van der Waals surface area contributed by atoms with Gasteiger partial charge in [-0.25, -0.2) is 15.0 Å². The van der Waals surface area contributed by atoms with Gasteiger partial charge in [-0.3, -0.25) is 0 Å². The summed E-state index contributed by atoms with van der Waals surface area (Å²) in [6.07, 6.45) is 6.59. The molecule has 3 aromatic heterocycles. The van der Waals surface area contributed by atoms with Crippen LogP contribution in [-0.4, -0.2) is 15.0 Å². The van der Waals surface area contributed by atoms with Gasteiger partial charge in [-0.15, -0.1) is 0 Å². The summed E-state index contributed by atoms with van der Waals surface area (Å²) in [6, 6.07) is 45.5. The van der Waals surface area contributed by atoms with Crippen LogP contribution in [0.25, 0.3) is 89.2 Å². The van der Waals surface area contributed by atoms with E-state index in [0.29, 0.717) is 28.5 Å². The van der Waals surface area contributed by atoms with Gasteiger partial charge in [0.05, 0.1) is 11.6 Å². The Balaban J connectivity index is 1.02. The van der Waals surface area contributed by atoms with Crippen molar-refractivity contribution >= 4 is 43.9 Å². The molecule has 0 amide bonds. The number of aromatic nitrogens is 3. The van der Waals surface area contributed by atoms with Crippen LogP contribution in [0.1, 0.15) is 50.2 Å². The molecule has 6 heteroatoms. The highest BCUT2D eigenvalue weighted by molar-refractivity contribution is 6.07. The first kappa shape index (κ1) is 31.7. The molecule has 3 aliphatic carbocycles. The molecule has 0 N–H and O–H groups in total. The first-order chi connectivity index (χ1) is 27.5. The molecule has 6 nitrogen and oxygen atoms in total. The molecule has 3 fully saturated rings. The van der Waals surface area contributed by atoms with E-state index in [2.05, 4.69) is 73.7 Å². The van der Waals surface area contributed by atoms with Crippen LogP contribution >= 0.6 is 0 Å². The summed E-state index contributed by atoms with van der Waals surface area (Å²) in [4.78, 5) is 15.5. The lowest BCUT2D eigenvalue weighted by molar-refractivity contribution is 0.195. The van der Waals surface area contributed by atoms with Gasteiger partial charge in [-0.05, 0) is 103 Å². The molecule has 6 aromatic carbocycles. The van der Waals surface area contributed by atoms with Crippen molar-refractivity contribution < 1.29 is 8.83 Å². The third kappa shape index (κ3) is 4.52. The first-order valence-corrected chi connectivity index (χ1v) is 19.7. The minimum atomic E-state index is 0.206. The second kappa shape index (κ2) is 11.5. The van der Waals surface area contributed by atoms with Gasteiger partial charge in [-0.1, -0.05) is 91.9 Å². The number of rotatable bonds is 5. The molecule has 3 heterocycles. The van der Waals surface area contributed by atoms with Gasteiger partial charge in [0, 0.05) is 49.2 Å². The summed E-state index contributed by atoms with van der Waals surface area (Å²) in [5.74, 6) is 3.32. The van der Waals surface area contributed by atoms with Crippen molar-refractivity contribution in [2.45, 2.75) is 44.4 Å². The lowest BCUT2D eigenvalue weighted by Crippen LogP contribution is -2.26. The normalized spacial score (nSPS) is 22.5. The quantitative estimate of drug-likeness (QED) is 0.176. The Morgan fingerprint density at radius 2 is 1.16 bits per heavy atom. The van der Waals surface area contributed by atoms with E-state index in [9.17, 15) is 5.26 Å². The van der Waals surface area contributed by atoms with Gasteiger partial charge in [0.25, 0.3) is 0 Å². The van der Waals surface area contributed by atoms with Crippen LogP contribution in [0.5, 0.6) is 0 Å². The van der Waals surface area contributed by atoms with Crippen molar-refractivity contribution in [2.24, 2.45) is 17.3 Å². The van der Waals surface area contributed by atoms with Gasteiger partial charge >= 0.3 is 0 Å². The van der Waals surface area contributed by atoms with Crippen molar-refractivity contribution in [3.8, 4) is 51.4 Å². The Hall–Kier alpha value is -6.58. The van der Waals surface area contributed by atoms with Crippen LogP contribution in [0.2, 0.25) is 0 Å². The van der Waals surface area contributed by atoms with E-state index in [1.165, 1.54) is 43.1 Å². The average molecular weight is 725 g/mol. The second-order valence-electron chi connectivity index (χ2n) is 16.7. The molecular weight excluding hydrogens is 689 g/mol.